The average molecular weight is 290 g/mol. The Balaban J connectivity index is 2.58. The molecule has 0 spiro atoms. The monoisotopic (exact) mass is 290 g/mol. The number of aromatic amines is 1. The summed E-state index contributed by atoms with van der Waals surface area (Å²) in [6.45, 7) is 4.08. The van der Waals surface area contributed by atoms with Gasteiger partial charge in [-0.15, -0.1) is 0 Å². The summed E-state index contributed by atoms with van der Waals surface area (Å²) in [7, 11) is 0. The van der Waals surface area contributed by atoms with Crippen molar-refractivity contribution in [3.8, 4) is 0 Å². The van der Waals surface area contributed by atoms with Gasteiger partial charge in [-0.2, -0.15) is 4.98 Å². The van der Waals surface area contributed by atoms with Crippen molar-refractivity contribution in [2.45, 2.75) is 39.7 Å². The van der Waals surface area contributed by atoms with Gasteiger partial charge >= 0.3 is 11.7 Å². The van der Waals surface area contributed by atoms with Gasteiger partial charge in [0.05, 0.1) is 30.7 Å². The molecule has 2 aromatic heterocycles. The van der Waals surface area contributed by atoms with Crippen molar-refractivity contribution in [2.24, 2.45) is 0 Å². The predicted molar refractivity (Wildman–Crippen MR) is 76.3 cm³/mol. The van der Waals surface area contributed by atoms with Crippen LogP contribution in [0, 0.1) is 0 Å². The summed E-state index contributed by atoms with van der Waals surface area (Å²) in [5, 5.41) is 9.09. The third-order valence-electron chi connectivity index (χ3n) is 3.37. The lowest BCUT2D eigenvalue weighted by molar-refractivity contribution is -0.136. The van der Waals surface area contributed by atoms with Crippen LogP contribution in [0.3, 0.4) is 0 Å². The van der Waals surface area contributed by atoms with Crippen LogP contribution in [-0.4, -0.2) is 30.6 Å². The van der Waals surface area contributed by atoms with Crippen LogP contribution in [0.2, 0.25) is 0 Å². The average Bonchev–Trinajstić information content (AvgIpc) is 2.94. The standard InChI is InChI=1S/C14H18N4O3/c1-3-11-10(5-13(19)20)12(4-2)18(14(21)17-11)7-9-6-15-8-16-9/h6,8H,3-5,7H2,1-2H3,(H,15,16)(H,19,20). The molecule has 0 aliphatic carbocycles. The minimum atomic E-state index is -0.923. The molecule has 0 saturated carbocycles. The summed E-state index contributed by atoms with van der Waals surface area (Å²) in [4.78, 5) is 34.2. The van der Waals surface area contributed by atoms with E-state index in [1.54, 1.807) is 6.20 Å². The molecule has 0 atom stereocenters. The van der Waals surface area contributed by atoms with Crippen LogP contribution in [0.5, 0.6) is 0 Å². The van der Waals surface area contributed by atoms with Gasteiger partial charge in [-0.05, 0) is 12.8 Å². The molecular weight excluding hydrogens is 272 g/mol. The fraction of sp³-hybridized carbons (Fsp3) is 0.429. The van der Waals surface area contributed by atoms with E-state index in [2.05, 4.69) is 15.0 Å². The molecule has 0 fully saturated rings. The lowest BCUT2D eigenvalue weighted by Gasteiger charge is -2.16. The van der Waals surface area contributed by atoms with Gasteiger partial charge in [0.2, 0.25) is 0 Å². The summed E-state index contributed by atoms with van der Waals surface area (Å²) in [6, 6.07) is 0. The Bertz CT molecular complexity index is 689. The molecule has 112 valence electrons. The zero-order chi connectivity index (χ0) is 15.4. The number of imidazole rings is 1. The van der Waals surface area contributed by atoms with Gasteiger partial charge in [0, 0.05) is 17.5 Å². The van der Waals surface area contributed by atoms with Gasteiger partial charge in [-0.25, -0.2) is 9.78 Å². The molecule has 0 bridgehead atoms. The van der Waals surface area contributed by atoms with Crippen molar-refractivity contribution in [2.75, 3.05) is 0 Å². The minimum absolute atomic E-state index is 0.122. The highest BCUT2D eigenvalue weighted by molar-refractivity contribution is 5.71. The number of H-pyrrole nitrogens is 1. The number of hydrogen-bond acceptors (Lipinski definition) is 4. The van der Waals surface area contributed by atoms with Crippen LogP contribution in [0.1, 0.15) is 36.5 Å². The first-order valence-electron chi connectivity index (χ1n) is 6.87. The smallest absolute Gasteiger partial charge is 0.348 e. The first-order valence-corrected chi connectivity index (χ1v) is 6.87. The highest BCUT2D eigenvalue weighted by Gasteiger charge is 2.17. The normalized spacial score (nSPS) is 10.8. The van der Waals surface area contributed by atoms with Crippen molar-refractivity contribution in [1.29, 1.82) is 0 Å². The molecule has 2 aromatic rings. The Morgan fingerprint density at radius 1 is 1.38 bits per heavy atom. The Morgan fingerprint density at radius 3 is 2.67 bits per heavy atom. The Hall–Kier alpha value is -2.44. The fourth-order valence-corrected chi connectivity index (χ4v) is 2.44. The van der Waals surface area contributed by atoms with Crippen LogP contribution in [0.25, 0.3) is 0 Å². The quantitative estimate of drug-likeness (QED) is 0.818. The summed E-state index contributed by atoms with van der Waals surface area (Å²) in [6.07, 6.45) is 4.16. The second-order valence-corrected chi connectivity index (χ2v) is 4.71. The number of carbonyl (C=O) groups is 1. The molecule has 0 aliphatic heterocycles. The second kappa shape index (κ2) is 6.34. The number of nitrogens with one attached hydrogen (secondary N) is 1. The van der Waals surface area contributed by atoms with Gasteiger partial charge < -0.3 is 10.1 Å². The molecule has 0 unspecified atom stereocenters. The lowest BCUT2D eigenvalue weighted by Crippen LogP contribution is -2.30. The second-order valence-electron chi connectivity index (χ2n) is 4.71. The molecule has 2 N–H and O–H groups in total. The SMILES string of the molecule is CCc1nc(=O)n(Cc2cnc[nH]2)c(CC)c1CC(=O)O. The van der Waals surface area contributed by atoms with Crippen molar-refractivity contribution >= 4 is 5.97 Å². The molecular formula is C14H18N4O3. The van der Waals surface area contributed by atoms with Gasteiger partial charge in [-0.3, -0.25) is 9.36 Å². The van der Waals surface area contributed by atoms with Crippen LogP contribution in [-0.2, 0) is 30.6 Å². The zero-order valence-corrected chi connectivity index (χ0v) is 12.1. The number of aromatic nitrogens is 4. The fourth-order valence-electron chi connectivity index (χ4n) is 2.44. The van der Waals surface area contributed by atoms with Crippen LogP contribution >= 0.6 is 0 Å². The Kier molecular flexibility index (Phi) is 4.52. The molecule has 7 nitrogen and oxygen atoms in total. The van der Waals surface area contributed by atoms with Gasteiger partial charge in [-0.1, -0.05) is 13.8 Å². The summed E-state index contributed by atoms with van der Waals surface area (Å²) in [5.74, 6) is -0.923. The van der Waals surface area contributed by atoms with Crippen molar-refractivity contribution < 1.29 is 9.90 Å². The maximum Gasteiger partial charge on any atom is 0.348 e. The third-order valence-corrected chi connectivity index (χ3v) is 3.37. The van der Waals surface area contributed by atoms with Crippen molar-refractivity contribution in [1.82, 2.24) is 19.5 Å². The van der Waals surface area contributed by atoms with E-state index in [0.717, 1.165) is 11.4 Å². The molecule has 2 heterocycles. The van der Waals surface area contributed by atoms with Crippen molar-refractivity contribution in [3.05, 3.63) is 45.7 Å². The minimum Gasteiger partial charge on any atom is -0.481 e. The summed E-state index contributed by atoms with van der Waals surface area (Å²) >= 11 is 0. The van der Waals surface area contributed by atoms with Crippen LogP contribution in [0.4, 0.5) is 0 Å². The topological polar surface area (TPSA) is 101 Å². The first-order chi connectivity index (χ1) is 10.1. The number of hydrogen-bond donors (Lipinski definition) is 2. The van der Waals surface area contributed by atoms with Gasteiger partial charge in [0.1, 0.15) is 0 Å². The number of carboxylic acid groups (broad SMARTS) is 1. The van der Waals surface area contributed by atoms with E-state index in [1.807, 2.05) is 13.8 Å². The number of rotatable bonds is 6. The molecule has 0 aliphatic rings. The van der Waals surface area contributed by atoms with E-state index in [4.69, 9.17) is 5.11 Å². The molecule has 21 heavy (non-hydrogen) atoms. The number of aliphatic carboxylic acids is 1. The molecule has 0 amide bonds. The van der Waals surface area contributed by atoms with E-state index in [1.165, 1.54) is 10.9 Å². The molecule has 0 saturated heterocycles. The number of nitrogens with zero attached hydrogens (tertiary/aromatic N) is 3. The number of aryl methyl sites for hydroxylation is 1. The lowest BCUT2D eigenvalue weighted by atomic mass is 10.0. The maximum absolute atomic E-state index is 12.2. The molecule has 0 radical (unpaired) electrons. The number of carboxylic acids is 1. The van der Waals surface area contributed by atoms with E-state index < -0.39 is 5.97 Å². The Morgan fingerprint density at radius 2 is 2.14 bits per heavy atom. The first kappa shape index (κ1) is 15.0. The van der Waals surface area contributed by atoms with E-state index in [9.17, 15) is 9.59 Å². The highest BCUT2D eigenvalue weighted by Crippen LogP contribution is 2.15. The predicted octanol–water partition coefficient (Wildman–Crippen LogP) is 0.767. The summed E-state index contributed by atoms with van der Waals surface area (Å²) < 4.78 is 1.52. The van der Waals surface area contributed by atoms with Gasteiger partial charge in [0.15, 0.2) is 0 Å². The molecule has 7 heteroatoms. The highest BCUT2D eigenvalue weighted by atomic mass is 16.4. The third kappa shape index (κ3) is 3.18. The molecule has 0 aromatic carbocycles. The van der Waals surface area contributed by atoms with Gasteiger partial charge in [0.25, 0.3) is 0 Å². The zero-order valence-electron chi connectivity index (χ0n) is 12.1. The largest absolute Gasteiger partial charge is 0.481 e. The van der Waals surface area contributed by atoms with Crippen molar-refractivity contribution in [3.63, 3.8) is 0 Å². The van der Waals surface area contributed by atoms with E-state index >= 15 is 0 Å². The van der Waals surface area contributed by atoms with E-state index in [-0.39, 0.29) is 12.1 Å². The Labute approximate surface area is 121 Å². The van der Waals surface area contributed by atoms with Crippen LogP contribution in [0.15, 0.2) is 17.3 Å². The maximum atomic E-state index is 12.2. The van der Waals surface area contributed by atoms with Crippen LogP contribution < -0.4 is 5.69 Å². The summed E-state index contributed by atoms with van der Waals surface area (Å²) in [5.41, 5.74) is 2.36. The van der Waals surface area contributed by atoms with E-state index in [0.29, 0.717) is 30.6 Å². The molecule has 2 rings (SSSR count).